The van der Waals surface area contributed by atoms with Gasteiger partial charge in [-0.25, -0.2) is 4.98 Å². The Kier molecular flexibility index (Phi) is 4.50. The summed E-state index contributed by atoms with van der Waals surface area (Å²) in [7, 11) is 0. The van der Waals surface area contributed by atoms with Crippen LogP contribution in [0.4, 0.5) is 11.4 Å². The quantitative estimate of drug-likeness (QED) is 0.279. The molecule has 0 aliphatic carbocycles. The van der Waals surface area contributed by atoms with Crippen LogP contribution in [0.3, 0.4) is 0 Å². The van der Waals surface area contributed by atoms with Gasteiger partial charge in [-0.05, 0) is 48.5 Å². The molecule has 0 saturated heterocycles. The minimum atomic E-state index is -0.646. The Hall–Kier alpha value is -3.71. The van der Waals surface area contributed by atoms with Gasteiger partial charge in [0, 0.05) is 28.4 Å². The van der Waals surface area contributed by atoms with Crippen molar-refractivity contribution < 1.29 is 14.4 Å². The topological polar surface area (TPSA) is 102 Å². The third-order valence-corrected chi connectivity index (χ3v) is 4.31. The number of benzene rings is 3. The number of fused-ring (bicyclic) bond motifs is 1. The first-order chi connectivity index (χ1) is 13.5. The summed E-state index contributed by atoms with van der Waals surface area (Å²) in [5, 5.41) is 21.5. The first-order valence-corrected chi connectivity index (χ1v) is 8.56. The van der Waals surface area contributed by atoms with Gasteiger partial charge in [0.1, 0.15) is 5.52 Å². The van der Waals surface area contributed by atoms with Gasteiger partial charge in [-0.15, -0.1) is 0 Å². The molecule has 1 aromatic heterocycles. The number of nitro groups is 1. The van der Waals surface area contributed by atoms with Crippen molar-refractivity contribution in [1.29, 1.82) is 0 Å². The summed E-state index contributed by atoms with van der Waals surface area (Å²) in [6.07, 6.45) is 1.36. The lowest BCUT2D eigenvalue weighted by Crippen LogP contribution is -1.91. The number of hydrogen-bond donors (Lipinski definition) is 1. The summed E-state index contributed by atoms with van der Waals surface area (Å²) in [5.74, 6) is 0.0351. The number of halogens is 1. The lowest BCUT2D eigenvalue weighted by Gasteiger charge is -1.99. The summed E-state index contributed by atoms with van der Waals surface area (Å²) in [5.41, 5.74) is 2.45. The number of aliphatic imine (C=N–C) groups is 1. The number of oxazole rings is 1. The van der Waals surface area contributed by atoms with E-state index >= 15 is 0 Å². The molecule has 0 saturated carbocycles. The van der Waals surface area contributed by atoms with Crippen LogP contribution in [0.25, 0.3) is 22.6 Å². The van der Waals surface area contributed by atoms with Crippen LogP contribution < -0.4 is 0 Å². The molecular weight excluding hydrogens is 382 g/mol. The zero-order valence-corrected chi connectivity index (χ0v) is 15.0. The molecule has 4 aromatic rings. The molecule has 0 aliphatic heterocycles. The molecule has 7 nitrogen and oxygen atoms in total. The summed E-state index contributed by atoms with van der Waals surface area (Å²) < 4.78 is 5.75. The van der Waals surface area contributed by atoms with E-state index in [4.69, 9.17) is 16.0 Å². The first-order valence-electron chi connectivity index (χ1n) is 8.18. The van der Waals surface area contributed by atoms with Gasteiger partial charge in [-0.1, -0.05) is 17.7 Å². The zero-order valence-electron chi connectivity index (χ0n) is 14.2. The van der Waals surface area contributed by atoms with Crippen LogP contribution in [0.1, 0.15) is 5.56 Å². The molecule has 4 rings (SSSR count). The van der Waals surface area contributed by atoms with Crippen molar-refractivity contribution in [3.8, 4) is 17.2 Å². The second-order valence-electron chi connectivity index (χ2n) is 5.91. The minimum Gasteiger partial charge on any atom is -0.502 e. The Morgan fingerprint density at radius 2 is 1.93 bits per heavy atom. The van der Waals surface area contributed by atoms with Gasteiger partial charge in [0.05, 0.1) is 10.6 Å². The lowest BCUT2D eigenvalue weighted by atomic mass is 10.2. The summed E-state index contributed by atoms with van der Waals surface area (Å²) >= 11 is 5.90. The van der Waals surface area contributed by atoms with Gasteiger partial charge in [0.25, 0.3) is 0 Å². The van der Waals surface area contributed by atoms with Crippen molar-refractivity contribution in [3.05, 3.63) is 81.4 Å². The van der Waals surface area contributed by atoms with Gasteiger partial charge < -0.3 is 9.52 Å². The number of phenolic OH excluding ortho intramolecular Hbond substituents is 1. The summed E-state index contributed by atoms with van der Waals surface area (Å²) in [6, 6.07) is 16.6. The van der Waals surface area contributed by atoms with Gasteiger partial charge >= 0.3 is 5.69 Å². The van der Waals surface area contributed by atoms with Gasteiger partial charge in [-0.3, -0.25) is 15.1 Å². The van der Waals surface area contributed by atoms with E-state index in [1.807, 2.05) is 12.1 Å². The minimum absolute atomic E-state index is 0.247. The molecule has 0 fully saturated rings. The van der Waals surface area contributed by atoms with Gasteiger partial charge in [-0.2, -0.15) is 0 Å². The number of nitro benzene ring substituents is 1. The van der Waals surface area contributed by atoms with Crippen molar-refractivity contribution in [1.82, 2.24) is 4.98 Å². The molecule has 0 aliphatic rings. The van der Waals surface area contributed by atoms with E-state index in [0.717, 1.165) is 5.56 Å². The SMILES string of the molecule is O=[N+]([O-])c1cccc(C=Nc2ccc3oc(-c4ccc(Cl)cc4)nc3c2)c1O. The highest BCUT2D eigenvalue weighted by atomic mass is 35.5. The molecule has 8 heteroatoms. The number of aromatic hydroxyl groups is 1. The van der Waals surface area contributed by atoms with Crippen molar-refractivity contribution in [2.75, 3.05) is 0 Å². The van der Waals surface area contributed by atoms with Crippen LogP contribution >= 0.6 is 11.6 Å². The molecular formula is C20H12ClN3O4. The van der Waals surface area contributed by atoms with Crippen LogP contribution in [0.2, 0.25) is 5.02 Å². The molecule has 1 heterocycles. The second-order valence-corrected chi connectivity index (χ2v) is 6.34. The molecule has 0 amide bonds. The van der Waals surface area contributed by atoms with Crippen molar-refractivity contribution in [2.45, 2.75) is 0 Å². The number of para-hydroxylation sites is 1. The molecule has 0 radical (unpaired) electrons. The monoisotopic (exact) mass is 393 g/mol. The fourth-order valence-electron chi connectivity index (χ4n) is 2.66. The Bertz CT molecular complexity index is 1220. The Morgan fingerprint density at radius 1 is 1.14 bits per heavy atom. The number of rotatable bonds is 4. The average molecular weight is 394 g/mol. The molecule has 138 valence electrons. The van der Waals surface area contributed by atoms with Crippen LogP contribution in [-0.4, -0.2) is 21.2 Å². The van der Waals surface area contributed by atoms with E-state index in [1.165, 1.54) is 18.3 Å². The van der Waals surface area contributed by atoms with E-state index < -0.39 is 10.7 Å². The Labute approximate surface area is 163 Å². The predicted molar refractivity (Wildman–Crippen MR) is 106 cm³/mol. The van der Waals surface area contributed by atoms with E-state index in [1.54, 1.807) is 36.4 Å². The number of aromatic nitrogens is 1. The number of nitrogens with zero attached hydrogens (tertiary/aromatic N) is 3. The molecule has 0 bridgehead atoms. The lowest BCUT2D eigenvalue weighted by molar-refractivity contribution is -0.385. The fourth-order valence-corrected chi connectivity index (χ4v) is 2.78. The van der Waals surface area contributed by atoms with Gasteiger partial charge in [0.15, 0.2) is 5.58 Å². The van der Waals surface area contributed by atoms with Crippen molar-refractivity contribution in [3.63, 3.8) is 0 Å². The molecule has 28 heavy (non-hydrogen) atoms. The van der Waals surface area contributed by atoms with Crippen LogP contribution in [0.15, 0.2) is 70.1 Å². The second kappa shape index (κ2) is 7.13. The molecule has 1 N–H and O–H groups in total. The van der Waals surface area contributed by atoms with E-state index in [0.29, 0.717) is 27.7 Å². The van der Waals surface area contributed by atoms with Crippen LogP contribution in [0.5, 0.6) is 5.75 Å². The summed E-state index contributed by atoms with van der Waals surface area (Å²) in [4.78, 5) is 19.0. The molecule has 0 spiro atoms. The van der Waals surface area contributed by atoms with Gasteiger partial charge in [0.2, 0.25) is 11.6 Å². The Morgan fingerprint density at radius 3 is 2.68 bits per heavy atom. The standard InChI is InChI=1S/C20H12ClN3O4/c21-14-6-4-12(5-7-14)20-23-16-10-15(8-9-18(16)28-20)22-11-13-2-1-3-17(19(13)25)24(26)27/h1-11,25H. The van der Waals surface area contributed by atoms with Crippen LogP contribution in [-0.2, 0) is 0 Å². The number of hydrogen-bond acceptors (Lipinski definition) is 6. The highest BCUT2D eigenvalue weighted by Crippen LogP contribution is 2.30. The molecule has 0 atom stereocenters. The van der Waals surface area contributed by atoms with E-state index in [2.05, 4.69) is 9.98 Å². The fraction of sp³-hybridized carbons (Fsp3) is 0. The van der Waals surface area contributed by atoms with Crippen molar-refractivity contribution in [2.24, 2.45) is 4.99 Å². The van der Waals surface area contributed by atoms with E-state index in [9.17, 15) is 15.2 Å². The maximum Gasteiger partial charge on any atom is 0.311 e. The third kappa shape index (κ3) is 3.43. The maximum atomic E-state index is 10.9. The van der Waals surface area contributed by atoms with E-state index in [-0.39, 0.29) is 11.3 Å². The highest BCUT2D eigenvalue weighted by molar-refractivity contribution is 6.30. The summed E-state index contributed by atoms with van der Waals surface area (Å²) in [6.45, 7) is 0. The first kappa shape index (κ1) is 17.7. The Balaban J connectivity index is 1.65. The normalized spacial score (nSPS) is 11.3. The molecule has 0 unspecified atom stereocenters. The van der Waals surface area contributed by atoms with Crippen LogP contribution in [0, 0.1) is 10.1 Å². The largest absolute Gasteiger partial charge is 0.502 e. The smallest absolute Gasteiger partial charge is 0.311 e. The zero-order chi connectivity index (χ0) is 19.7. The average Bonchev–Trinajstić information content (AvgIpc) is 3.11. The maximum absolute atomic E-state index is 10.9. The number of phenols is 1. The molecule has 3 aromatic carbocycles. The third-order valence-electron chi connectivity index (χ3n) is 4.06. The predicted octanol–water partition coefficient (Wildman–Crippen LogP) is 5.51. The highest BCUT2D eigenvalue weighted by Gasteiger charge is 2.15. The van der Waals surface area contributed by atoms with Crippen molar-refractivity contribution >= 4 is 40.3 Å².